The van der Waals surface area contributed by atoms with Crippen LogP contribution in [0.2, 0.25) is 0 Å². The number of nitrogens with one attached hydrogen (secondary N) is 1. The number of nitrogens with zero attached hydrogens (tertiary/aromatic N) is 3. The molecule has 7 heteroatoms. The summed E-state index contributed by atoms with van der Waals surface area (Å²) in [4.78, 5) is 32.6. The summed E-state index contributed by atoms with van der Waals surface area (Å²) in [5.74, 6) is -1.84. The van der Waals surface area contributed by atoms with Gasteiger partial charge in [-0.3, -0.25) is 4.79 Å². The Bertz CT molecular complexity index is 1380. The third-order valence-corrected chi connectivity index (χ3v) is 7.11. The van der Waals surface area contributed by atoms with E-state index in [2.05, 4.69) is 29.4 Å². The van der Waals surface area contributed by atoms with Crippen molar-refractivity contribution in [3.8, 4) is 0 Å². The predicted octanol–water partition coefficient (Wildman–Crippen LogP) is 4.45. The molecule has 2 heterocycles. The Labute approximate surface area is 216 Å². The maximum Gasteiger partial charge on any atom is 0.326 e. The smallest absolute Gasteiger partial charge is 0.326 e. The van der Waals surface area contributed by atoms with Crippen molar-refractivity contribution in [2.75, 3.05) is 12.4 Å². The Hall–Kier alpha value is -4.39. The number of aromatic nitrogens is 2. The second-order valence-corrected chi connectivity index (χ2v) is 9.44. The highest BCUT2D eigenvalue weighted by Crippen LogP contribution is 2.32. The van der Waals surface area contributed by atoms with Crippen molar-refractivity contribution in [1.82, 2.24) is 14.5 Å². The first-order valence-corrected chi connectivity index (χ1v) is 12.4. The molecule has 7 nitrogen and oxygen atoms in total. The second kappa shape index (κ2) is 10.3. The fraction of sp³-hybridized carbons (Fsp3) is 0.233. The quantitative estimate of drug-likeness (QED) is 0.396. The zero-order chi connectivity index (χ0) is 25.9. The molecule has 1 amide bonds. The monoisotopic (exact) mass is 494 g/mol. The summed E-state index contributed by atoms with van der Waals surface area (Å²) in [6, 6.07) is 24.3. The molecule has 0 saturated carbocycles. The number of carbonyl (C=O) groups excluding carboxylic acids is 1. The number of carbonyl (C=O) groups is 2. The van der Waals surface area contributed by atoms with Crippen molar-refractivity contribution < 1.29 is 14.7 Å². The molecular weight excluding hydrogens is 464 g/mol. The number of benzene rings is 3. The number of fused-ring (bicyclic) bond motifs is 1. The van der Waals surface area contributed by atoms with Gasteiger partial charge in [-0.25, -0.2) is 9.78 Å². The lowest BCUT2D eigenvalue weighted by molar-refractivity contribution is -0.151. The molecule has 0 saturated heterocycles. The lowest BCUT2D eigenvalue weighted by Gasteiger charge is -2.35. The first kappa shape index (κ1) is 24.3. The van der Waals surface area contributed by atoms with E-state index in [9.17, 15) is 14.7 Å². The number of hydrogen-bond donors (Lipinski definition) is 2. The minimum atomic E-state index is -1.01. The maximum absolute atomic E-state index is 14.0. The van der Waals surface area contributed by atoms with Crippen LogP contribution in [0.3, 0.4) is 0 Å². The number of hydrogen-bond acceptors (Lipinski definition) is 4. The minimum Gasteiger partial charge on any atom is -0.480 e. The Morgan fingerprint density at radius 3 is 2.24 bits per heavy atom. The van der Waals surface area contributed by atoms with E-state index in [0.717, 1.165) is 39.3 Å². The molecule has 3 aromatic carbocycles. The number of amides is 1. The van der Waals surface area contributed by atoms with Gasteiger partial charge in [0.25, 0.3) is 0 Å². The van der Waals surface area contributed by atoms with Crippen LogP contribution in [0.15, 0.2) is 85.2 Å². The summed E-state index contributed by atoms with van der Waals surface area (Å²) in [5.41, 5.74) is 6.59. The van der Waals surface area contributed by atoms with Crippen LogP contribution in [0.25, 0.3) is 0 Å². The van der Waals surface area contributed by atoms with Crippen LogP contribution in [0, 0.1) is 6.92 Å². The average molecular weight is 495 g/mol. The van der Waals surface area contributed by atoms with Crippen LogP contribution < -0.4 is 5.32 Å². The largest absolute Gasteiger partial charge is 0.480 e. The zero-order valence-corrected chi connectivity index (χ0v) is 21.0. The number of carboxylic acids is 1. The van der Waals surface area contributed by atoms with Crippen molar-refractivity contribution in [3.63, 3.8) is 0 Å². The Morgan fingerprint density at radius 2 is 1.68 bits per heavy atom. The third kappa shape index (κ3) is 4.85. The second-order valence-electron chi connectivity index (χ2n) is 9.44. The summed E-state index contributed by atoms with van der Waals surface area (Å²) in [7, 11) is 1.90. The Morgan fingerprint density at radius 1 is 1.03 bits per heavy atom. The van der Waals surface area contributed by atoms with Gasteiger partial charge in [-0.05, 0) is 35.2 Å². The summed E-state index contributed by atoms with van der Waals surface area (Å²) >= 11 is 0. The lowest BCUT2D eigenvalue weighted by Crippen LogP contribution is -2.50. The molecular formula is C30H30N4O3. The molecule has 0 radical (unpaired) electrons. The van der Waals surface area contributed by atoms with Gasteiger partial charge in [-0.15, -0.1) is 0 Å². The van der Waals surface area contributed by atoms with E-state index in [1.165, 1.54) is 4.90 Å². The molecule has 1 aliphatic rings. The number of rotatable bonds is 7. The van der Waals surface area contributed by atoms with Gasteiger partial charge in [0, 0.05) is 31.4 Å². The Kier molecular flexibility index (Phi) is 6.77. The number of anilines is 1. The Balaban J connectivity index is 1.47. The van der Waals surface area contributed by atoms with Crippen LogP contribution in [0.1, 0.15) is 39.6 Å². The molecule has 0 unspecified atom stereocenters. The minimum absolute atomic E-state index is 0.159. The third-order valence-electron chi connectivity index (χ3n) is 7.11. The van der Waals surface area contributed by atoms with E-state index in [1.807, 2.05) is 78.3 Å². The zero-order valence-electron chi connectivity index (χ0n) is 21.0. The van der Waals surface area contributed by atoms with Gasteiger partial charge >= 0.3 is 5.97 Å². The molecule has 0 aliphatic carbocycles. The highest BCUT2D eigenvalue weighted by molar-refractivity contribution is 5.91. The normalized spacial score (nSPS) is 14.9. The van der Waals surface area contributed by atoms with Crippen molar-refractivity contribution in [2.45, 2.75) is 38.4 Å². The van der Waals surface area contributed by atoms with Crippen LogP contribution in [0.4, 0.5) is 5.69 Å². The molecule has 0 spiro atoms. The van der Waals surface area contributed by atoms with Crippen molar-refractivity contribution in [1.29, 1.82) is 0 Å². The molecule has 4 aromatic rings. The summed E-state index contributed by atoms with van der Waals surface area (Å²) in [6.45, 7) is 2.80. The molecule has 5 rings (SSSR count). The van der Waals surface area contributed by atoms with Gasteiger partial charge in [0.05, 0.1) is 24.5 Å². The maximum atomic E-state index is 14.0. The number of carboxylic acid groups (broad SMARTS) is 1. The molecule has 0 fully saturated rings. The van der Waals surface area contributed by atoms with Crippen LogP contribution in [-0.2, 0) is 29.1 Å². The molecule has 188 valence electrons. The van der Waals surface area contributed by atoms with E-state index in [0.29, 0.717) is 6.54 Å². The van der Waals surface area contributed by atoms with Gasteiger partial charge in [-0.2, -0.15) is 0 Å². The molecule has 1 atom stereocenters. The van der Waals surface area contributed by atoms with E-state index in [-0.39, 0.29) is 18.9 Å². The van der Waals surface area contributed by atoms with Gasteiger partial charge in [0.2, 0.25) is 5.91 Å². The highest BCUT2D eigenvalue weighted by Gasteiger charge is 2.40. The van der Waals surface area contributed by atoms with Gasteiger partial charge in [0.1, 0.15) is 6.04 Å². The van der Waals surface area contributed by atoms with Crippen LogP contribution in [0.5, 0.6) is 0 Å². The van der Waals surface area contributed by atoms with E-state index < -0.39 is 17.9 Å². The summed E-state index contributed by atoms with van der Waals surface area (Å²) in [5, 5.41) is 13.4. The van der Waals surface area contributed by atoms with Crippen LogP contribution >= 0.6 is 0 Å². The topological polar surface area (TPSA) is 87.5 Å². The first-order valence-electron chi connectivity index (χ1n) is 12.4. The molecule has 0 bridgehead atoms. The fourth-order valence-electron chi connectivity index (χ4n) is 5.21. The number of aliphatic carboxylic acids is 1. The summed E-state index contributed by atoms with van der Waals surface area (Å²) < 4.78 is 2.01. The van der Waals surface area contributed by atoms with E-state index in [4.69, 9.17) is 0 Å². The molecule has 37 heavy (non-hydrogen) atoms. The number of aryl methyl sites for hydroxylation is 1. The van der Waals surface area contributed by atoms with Gasteiger partial charge in [-0.1, -0.05) is 72.8 Å². The van der Waals surface area contributed by atoms with Crippen LogP contribution in [-0.4, -0.2) is 44.5 Å². The standard InChI is InChI=1S/C30H30N4O3/c1-20-15-21(13-14-24(20)31-2)17-33-19-32-25-18-34(27(30(36)37)16-26(25)33)29(35)28(22-9-5-3-6-10-22)23-11-7-4-8-12-23/h3-15,19,27-28,31H,16-18H2,1-2H3,(H,36,37)/t27-/m0/s1. The van der Waals surface area contributed by atoms with E-state index >= 15 is 0 Å². The number of imidazole rings is 1. The van der Waals surface area contributed by atoms with E-state index in [1.54, 1.807) is 6.33 Å². The molecule has 1 aromatic heterocycles. The first-order chi connectivity index (χ1) is 18.0. The lowest BCUT2D eigenvalue weighted by atomic mass is 9.88. The van der Waals surface area contributed by atoms with Gasteiger partial charge < -0.3 is 19.9 Å². The summed E-state index contributed by atoms with van der Waals surface area (Å²) in [6.07, 6.45) is 1.96. The highest BCUT2D eigenvalue weighted by atomic mass is 16.4. The molecule has 2 N–H and O–H groups in total. The molecule has 1 aliphatic heterocycles. The van der Waals surface area contributed by atoms with Crippen molar-refractivity contribution in [2.24, 2.45) is 0 Å². The predicted molar refractivity (Wildman–Crippen MR) is 142 cm³/mol. The van der Waals surface area contributed by atoms with Crippen molar-refractivity contribution in [3.05, 3.63) is 119 Å². The van der Waals surface area contributed by atoms with Crippen molar-refractivity contribution >= 4 is 17.6 Å². The average Bonchev–Trinajstić information content (AvgIpc) is 3.31. The SMILES string of the molecule is CNc1ccc(Cn2cnc3c2C[C@@H](C(=O)O)N(C(=O)C(c2ccccc2)c2ccccc2)C3)cc1C. The fourth-order valence-corrected chi connectivity index (χ4v) is 5.21. The van der Waals surface area contributed by atoms with Gasteiger partial charge in [0.15, 0.2) is 0 Å².